The molecule has 2 rings (SSSR count). The largest absolute Gasteiger partial charge is 0.481 e. The highest BCUT2D eigenvalue weighted by Crippen LogP contribution is 2.27. The van der Waals surface area contributed by atoms with Gasteiger partial charge in [0.15, 0.2) is 0 Å². The van der Waals surface area contributed by atoms with Gasteiger partial charge in [0, 0.05) is 16.8 Å². The Morgan fingerprint density at radius 2 is 1.81 bits per heavy atom. The maximum atomic E-state index is 10.5. The Labute approximate surface area is 98.5 Å². The zero-order valence-corrected chi connectivity index (χ0v) is 9.37. The molecule has 0 atom stereocenters. The second kappa shape index (κ2) is 4.54. The molecule has 2 aromatic rings. The van der Waals surface area contributed by atoms with Crippen molar-refractivity contribution in [3.05, 3.63) is 47.0 Å². The van der Waals surface area contributed by atoms with Crippen molar-refractivity contribution in [1.82, 2.24) is 0 Å². The first-order valence-electron chi connectivity index (χ1n) is 5.06. The van der Waals surface area contributed by atoms with Gasteiger partial charge in [-0.2, -0.15) is 0 Å². The highest BCUT2D eigenvalue weighted by atomic mass is 35.5. The van der Waals surface area contributed by atoms with Crippen LogP contribution in [0, 0.1) is 0 Å². The van der Waals surface area contributed by atoms with Crippen LogP contribution in [-0.4, -0.2) is 11.1 Å². The lowest BCUT2D eigenvalue weighted by molar-refractivity contribution is -0.136. The Kier molecular flexibility index (Phi) is 3.11. The van der Waals surface area contributed by atoms with E-state index in [2.05, 4.69) is 0 Å². The van der Waals surface area contributed by atoms with E-state index in [0.717, 1.165) is 16.3 Å². The first-order chi connectivity index (χ1) is 7.68. The average molecular weight is 235 g/mol. The van der Waals surface area contributed by atoms with E-state index in [1.165, 1.54) is 0 Å². The molecule has 16 heavy (non-hydrogen) atoms. The molecular formula is C13H11ClO2. The van der Waals surface area contributed by atoms with Gasteiger partial charge in [-0.25, -0.2) is 0 Å². The van der Waals surface area contributed by atoms with Crippen LogP contribution < -0.4 is 0 Å². The molecule has 0 aliphatic heterocycles. The smallest absolute Gasteiger partial charge is 0.303 e. The van der Waals surface area contributed by atoms with Crippen LogP contribution in [0.4, 0.5) is 0 Å². The van der Waals surface area contributed by atoms with Crippen molar-refractivity contribution in [2.45, 2.75) is 12.8 Å². The molecule has 0 amide bonds. The fraction of sp³-hybridized carbons (Fsp3) is 0.154. The van der Waals surface area contributed by atoms with E-state index in [4.69, 9.17) is 16.7 Å². The van der Waals surface area contributed by atoms with Crippen LogP contribution in [0.15, 0.2) is 36.4 Å². The van der Waals surface area contributed by atoms with Gasteiger partial charge in [0.25, 0.3) is 0 Å². The van der Waals surface area contributed by atoms with Gasteiger partial charge >= 0.3 is 5.97 Å². The summed E-state index contributed by atoms with van der Waals surface area (Å²) in [7, 11) is 0. The summed E-state index contributed by atoms with van der Waals surface area (Å²) in [6, 6.07) is 11.5. The second-order valence-corrected chi connectivity index (χ2v) is 4.05. The fourth-order valence-electron chi connectivity index (χ4n) is 1.78. The molecule has 0 radical (unpaired) electrons. The topological polar surface area (TPSA) is 37.3 Å². The number of benzene rings is 2. The van der Waals surface area contributed by atoms with Gasteiger partial charge in [0.2, 0.25) is 0 Å². The third-order valence-electron chi connectivity index (χ3n) is 2.57. The summed E-state index contributed by atoms with van der Waals surface area (Å²) in [4.78, 5) is 10.5. The Bertz CT molecular complexity index is 534. The first kappa shape index (κ1) is 11.0. The Morgan fingerprint density at radius 1 is 1.12 bits per heavy atom. The lowest BCUT2D eigenvalue weighted by Gasteiger charge is -2.06. The van der Waals surface area contributed by atoms with E-state index in [-0.39, 0.29) is 6.42 Å². The standard InChI is InChI=1S/C13H11ClO2/c14-12-7-5-9(6-8-13(15)16)10-3-1-2-4-11(10)12/h1-5,7H,6,8H2,(H,15,16). The Balaban J connectivity index is 2.46. The average Bonchev–Trinajstić information content (AvgIpc) is 2.28. The van der Waals surface area contributed by atoms with Crippen molar-refractivity contribution in [2.75, 3.05) is 0 Å². The number of carboxylic acids is 1. The molecule has 3 heteroatoms. The van der Waals surface area contributed by atoms with Gasteiger partial charge in [0.05, 0.1) is 0 Å². The summed E-state index contributed by atoms with van der Waals surface area (Å²) >= 11 is 6.08. The third-order valence-corrected chi connectivity index (χ3v) is 2.90. The number of hydrogen-bond acceptors (Lipinski definition) is 1. The second-order valence-electron chi connectivity index (χ2n) is 3.65. The zero-order chi connectivity index (χ0) is 11.5. The van der Waals surface area contributed by atoms with E-state index in [1.807, 2.05) is 36.4 Å². The number of fused-ring (bicyclic) bond motifs is 1. The summed E-state index contributed by atoms with van der Waals surface area (Å²) in [5.74, 6) is -0.779. The molecule has 2 aromatic carbocycles. The number of aryl methyl sites for hydroxylation is 1. The molecule has 0 spiro atoms. The molecule has 0 aliphatic rings. The summed E-state index contributed by atoms with van der Waals surface area (Å²) in [6.07, 6.45) is 0.679. The molecule has 0 unspecified atom stereocenters. The van der Waals surface area contributed by atoms with E-state index >= 15 is 0 Å². The number of aliphatic carboxylic acids is 1. The lowest BCUT2D eigenvalue weighted by atomic mass is 10.0. The maximum Gasteiger partial charge on any atom is 0.303 e. The molecule has 0 saturated carbocycles. The van der Waals surface area contributed by atoms with Crippen molar-refractivity contribution in [3.63, 3.8) is 0 Å². The molecule has 0 heterocycles. The minimum Gasteiger partial charge on any atom is -0.481 e. The van der Waals surface area contributed by atoms with Crippen LogP contribution in [0.5, 0.6) is 0 Å². The summed E-state index contributed by atoms with van der Waals surface area (Å²) in [5.41, 5.74) is 1.03. The first-order valence-corrected chi connectivity index (χ1v) is 5.44. The number of carbonyl (C=O) groups is 1. The molecule has 0 aliphatic carbocycles. The Hall–Kier alpha value is -1.54. The van der Waals surface area contributed by atoms with Gasteiger partial charge in [0.1, 0.15) is 0 Å². The van der Waals surface area contributed by atoms with E-state index in [0.29, 0.717) is 11.4 Å². The number of hydrogen-bond donors (Lipinski definition) is 1. The highest BCUT2D eigenvalue weighted by Gasteiger charge is 2.05. The van der Waals surface area contributed by atoms with Crippen LogP contribution in [-0.2, 0) is 11.2 Å². The van der Waals surface area contributed by atoms with Crippen molar-refractivity contribution < 1.29 is 9.90 Å². The number of halogens is 1. The molecule has 0 saturated heterocycles. The summed E-state index contributed by atoms with van der Waals surface area (Å²) in [6.45, 7) is 0. The Morgan fingerprint density at radius 3 is 2.50 bits per heavy atom. The predicted octanol–water partition coefficient (Wildman–Crippen LogP) is 3.51. The van der Waals surface area contributed by atoms with Gasteiger partial charge < -0.3 is 5.11 Å². The summed E-state index contributed by atoms with van der Waals surface area (Å²) < 4.78 is 0. The molecule has 82 valence electrons. The fourth-order valence-corrected chi connectivity index (χ4v) is 2.01. The third kappa shape index (κ3) is 2.17. The molecule has 0 bridgehead atoms. The number of rotatable bonds is 3. The molecule has 0 aromatic heterocycles. The van der Waals surface area contributed by atoms with Crippen molar-refractivity contribution in [1.29, 1.82) is 0 Å². The minimum absolute atomic E-state index is 0.144. The number of carboxylic acid groups (broad SMARTS) is 1. The van der Waals surface area contributed by atoms with Crippen LogP contribution in [0.1, 0.15) is 12.0 Å². The zero-order valence-electron chi connectivity index (χ0n) is 8.61. The summed E-state index contributed by atoms with van der Waals surface area (Å²) in [5, 5.41) is 11.4. The normalized spacial score (nSPS) is 10.6. The predicted molar refractivity (Wildman–Crippen MR) is 64.9 cm³/mol. The SMILES string of the molecule is O=C(O)CCc1ccc(Cl)c2ccccc12. The molecule has 2 nitrogen and oxygen atoms in total. The molecule has 1 N–H and O–H groups in total. The van der Waals surface area contributed by atoms with E-state index in [1.54, 1.807) is 0 Å². The minimum atomic E-state index is -0.779. The quantitative estimate of drug-likeness (QED) is 0.883. The maximum absolute atomic E-state index is 10.5. The van der Waals surface area contributed by atoms with Gasteiger partial charge in [-0.1, -0.05) is 41.9 Å². The monoisotopic (exact) mass is 234 g/mol. The van der Waals surface area contributed by atoms with Gasteiger partial charge in [-0.15, -0.1) is 0 Å². The van der Waals surface area contributed by atoms with E-state index in [9.17, 15) is 4.79 Å². The highest BCUT2D eigenvalue weighted by molar-refractivity contribution is 6.35. The molecule has 0 fully saturated rings. The van der Waals surface area contributed by atoms with Crippen molar-refractivity contribution in [2.24, 2.45) is 0 Å². The van der Waals surface area contributed by atoms with Crippen LogP contribution in [0.3, 0.4) is 0 Å². The van der Waals surface area contributed by atoms with Crippen LogP contribution in [0.2, 0.25) is 5.02 Å². The molecular weight excluding hydrogens is 224 g/mol. The van der Waals surface area contributed by atoms with Gasteiger partial charge in [-0.3, -0.25) is 4.79 Å². The lowest BCUT2D eigenvalue weighted by Crippen LogP contribution is -1.98. The van der Waals surface area contributed by atoms with Crippen LogP contribution in [0.25, 0.3) is 10.8 Å². The van der Waals surface area contributed by atoms with Crippen LogP contribution >= 0.6 is 11.6 Å². The van der Waals surface area contributed by atoms with Crippen molar-refractivity contribution >= 4 is 28.3 Å². The van der Waals surface area contributed by atoms with Crippen molar-refractivity contribution in [3.8, 4) is 0 Å². The van der Waals surface area contributed by atoms with E-state index < -0.39 is 5.97 Å². The van der Waals surface area contributed by atoms with Gasteiger partial charge in [-0.05, 0) is 23.4 Å².